The first-order chi connectivity index (χ1) is 10.0. The fourth-order valence-electron chi connectivity index (χ4n) is 2.28. The Morgan fingerprint density at radius 2 is 1.67 bits per heavy atom. The number of anilines is 1. The van der Waals surface area contributed by atoms with Crippen LogP contribution in [0.3, 0.4) is 0 Å². The number of hydrogen-bond acceptors (Lipinski definition) is 2. The third-order valence-corrected chi connectivity index (χ3v) is 3.34. The van der Waals surface area contributed by atoms with E-state index >= 15 is 0 Å². The third kappa shape index (κ3) is 2.62. The molecule has 0 aliphatic carbocycles. The zero-order valence-electron chi connectivity index (χ0n) is 10.8. The molecule has 0 saturated carbocycles. The first-order valence-electron chi connectivity index (χ1n) is 6.33. The van der Waals surface area contributed by atoms with Crippen molar-refractivity contribution in [2.45, 2.75) is 13.1 Å². The van der Waals surface area contributed by atoms with Gasteiger partial charge in [-0.3, -0.25) is 4.79 Å². The Kier molecular flexibility index (Phi) is 3.39. The predicted molar refractivity (Wildman–Crippen MR) is 71.3 cm³/mol. The van der Waals surface area contributed by atoms with E-state index in [4.69, 9.17) is 0 Å². The lowest BCUT2D eigenvalue weighted by atomic mass is 10.1. The third-order valence-electron chi connectivity index (χ3n) is 3.34. The van der Waals surface area contributed by atoms with Gasteiger partial charge in [0.1, 0.15) is 11.5 Å². The van der Waals surface area contributed by atoms with Crippen molar-refractivity contribution < 1.29 is 18.0 Å². The Bertz CT molecular complexity index is 708. The summed E-state index contributed by atoms with van der Waals surface area (Å²) in [5.41, 5.74) is 1.70. The molecule has 1 amide bonds. The van der Waals surface area contributed by atoms with E-state index in [-0.39, 0.29) is 0 Å². The SMILES string of the molecule is O=C(Nc1c(F)cc(F)cc1F)c1ccc2c(c1)CNC2. The number of hydrogen-bond donors (Lipinski definition) is 2. The molecule has 2 aromatic carbocycles. The van der Waals surface area contributed by atoms with Gasteiger partial charge in [-0.1, -0.05) is 6.07 Å². The van der Waals surface area contributed by atoms with Gasteiger partial charge < -0.3 is 10.6 Å². The number of fused-ring (bicyclic) bond motifs is 1. The summed E-state index contributed by atoms with van der Waals surface area (Å²) in [4.78, 5) is 12.0. The molecule has 108 valence electrons. The Hall–Kier alpha value is -2.34. The Morgan fingerprint density at radius 1 is 1.00 bits per heavy atom. The van der Waals surface area contributed by atoms with Gasteiger partial charge in [-0.05, 0) is 23.3 Å². The van der Waals surface area contributed by atoms with Crippen LogP contribution in [0.4, 0.5) is 18.9 Å². The van der Waals surface area contributed by atoms with E-state index in [9.17, 15) is 18.0 Å². The van der Waals surface area contributed by atoms with Crippen molar-refractivity contribution >= 4 is 11.6 Å². The number of nitrogens with one attached hydrogen (secondary N) is 2. The van der Waals surface area contributed by atoms with Gasteiger partial charge in [0.15, 0.2) is 11.6 Å². The van der Waals surface area contributed by atoms with Gasteiger partial charge in [-0.2, -0.15) is 0 Å². The van der Waals surface area contributed by atoms with Gasteiger partial charge in [-0.25, -0.2) is 13.2 Å². The highest BCUT2D eigenvalue weighted by molar-refractivity contribution is 6.04. The molecule has 2 N–H and O–H groups in total. The second-order valence-electron chi connectivity index (χ2n) is 4.79. The molecule has 3 rings (SSSR count). The molecule has 1 aliphatic rings. The van der Waals surface area contributed by atoms with Crippen LogP contribution in [-0.4, -0.2) is 5.91 Å². The minimum Gasteiger partial charge on any atom is -0.317 e. The number of benzene rings is 2. The number of carbonyl (C=O) groups excluding carboxylic acids is 1. The lowest BCUT2D eigenvalue weighted by Crippen LogP contribution is -2.15. The molecular formula is C15H11F3N2O. The smallest absolute Gasteiger partial charge is 0.255 e. The standard InChI is InChI=1S/C15H11F3N2O/c16-11-4-12(17)14(13(18)5-11)20-15(21)8-1-2-9-6-19-7-10(9)3-8/h1-5,19H,6-7H2,(H,20,21). The first kappa shape index (κ1) is 13.6. The summed E-state index contributed by atoms with van der Waals surface area (Å²) >= 11 is 0. The zero-order valence-corrected chi connectivity index (χ0v) is 10.8. The van der Waals surface area contributed by atoms with Crippen molar-refractivity contribution in [3.63, 3.8) is 0 Å². The van der Waals surface area contributed by atoms with Crippen molar-refractivity contribution in [1.29, 1.82) is 0 Å². The van der Waals surface area contributed by atoms with Crippen LogP contribution in [0.25, 0.3) is 0 Å². The highest BCUT2D eigenvalue weighted by atomic mass is 19.1. The van der Waals surface area contributed by atoms with Crippen molar-refractivity contribution in [2.75, 3.05) is 5.32 Å². The number of amides is 1. The highest BCUT2D eigenvalue weighted by Crippen LogP contribution is 2.22. The van der Waals surface area contributed by atoms with Gasteiger partial charge in [0, 0.05) is 30.8 Å². The molecule has 1 aliphatic heterocycles. The molecule has 0 fully saturated rings. The topological polar surface area (TPSA) is 41.1 Å². The van der Waals surface area contributed by atoms with Crippen molar-refractivity contribution in [3.05, 3.63) is 64.5 Å². The average molecular weight is 292 g/mol. The molecule has 0 spiro atoms. The summed E-state index contributed by atoms with van der Waals surface area (Å²) in [7, 11) is 0. The van der Waals surface area contributed by atoms with Crippen LogP contribution in [0.2, 0.25) is 0 Å². The van der Waals surface area contributed by atoms with Crippen LogP contribution in [0, 0.1) is 17.5 Å². The fourth-order valence-corrected chi connectivity index (χ4v) is 2.28. The minimum atomic E-state index is -1.15. The van der Waals surface area contributed by atoms with E-state index < -0.39 is 29.0 Å². The van der Waals surface area contributed by atoms with Crippen molar-refractivity contribution in [3.8, 4) is 0 Å². The minimum absolute atomic E-state index is 0.292. The van der Waals surface area contributed by atoms with Crippen LogP contribution in [0.5, 0.6) is 0 Å². The predicted octanol–water partition coefficient (Wildman–Crippen LogP) is 2.96. The lowest BCUT2D eigenvalue weighted by molar-refractivity contribution is 0.102. The quantitative estimate of drug-likeness (QED) is 0.893. The summed E-state index contributed by atoms with van der Waals surface area (Å²) in [6, 6.07) is 6.09. The first-order valence-corrected chi connectivity index (χ1v) is 6.33. The lowest BCUT2D eigenvalue weighted by Gasteiger charge is -2.09. The summed E-state index contributed by atoms with van der Waals surface area (Å²) in [5.74, 6) is -3.98. The molecular weight excluding hydrogens is 281 g/mol. The van der Waals surface area contributed by atoms with Gasteiger partial charge in [0.25, 0.3) is 5.91 Å². The summed E-state index contributed by atoms with van der Waals surface area (Å²) in [6.07, 6.45) is 0. The number of rotatable bonds is 2. The van der Waals surface area contributed by atoms with E-state index in [1.165, 1.54) is 0 Å². The number of carbonyl (C=O) groups is 1. The maximum Gasteiger partial charge on any atom is 0.255 e. The molecule has 2 aromatic rings. The van der Waals surface area contributed by atoms with E-state index in [0.717, 1.165) is 17.7 Å². The zero-order chi connectivity index (χ0) is 15.0. The molecule has 0 saturated heterocycles. The summed E-state index contributed by atoms with van der Waals surface area (Å²) in [5, 5.41) is 5.27. The summed E-state index contributed by atoms with van der Waals surface area (Å²) in [6.45, 7) is 1.38. The van der Waals surface area contributed by atoms with Gasteiger partial charge in [-0.15, -0.1) is 0 Å². The monoisotopic (exact) mass is 292 g/mol. The van der Waals surface area contributed by atoms with E-state index in [1.54, 1.807) is 18.2 Å². The van der Waals surface area contributed by atoms with Crippen molar-refractivity contribution in [1.82, 2.24) is 5.32 Å². The van der Waals surface area contributed by atoms with Crippen molar-refractivity contribution in [2.24, 2.45) is 0 Å². The Balaban J connectivity index is 1.87. The van der Waals surface area contributed by atoms with E-state index in [2.05, 4.69) is 10.6 Å². The molecule has 6 heteroatoms. The summed E-state index contributed by atoms with van der Waals surface area (Å²) < 4.78 is 39.8. The highest BCUT2D eigenvalue weighted by Gasteiger charge is 2.17. The van der Waals surface area contributed by atoms with Gasteiger partial charge in [0.2, 0.25) is 0 Å². The maximum atomic E-state index is 13.5. The normalized spacial score (nSPS) is 13.1. The van der Waals surface area contributed by atoms with Crippen LogP contribution in [-0.2, 0) is 13.1 Å². The Morgan fingerprint density at radius 3 is 2.38 bits per heavy atom. The second kappa shape index (κ2) is 5.21. The van der Waals surface area contributed by atoms with Crippen LogP contribution >= 0.6 is 0 Å². The molecule has 3 nitrogen and oxygen atoms in total. The van der Waals surface area contributed by atoms with E-state index in [0.29, 0.717) is 24.2 Å². The molecule has 21 heavy (non-hydrogen) atoms. The van der Waals surface area contributed by atoms with Gasteiger partial charge in [0.05, 0.1) is 0 Å². The van der Waals surface area contributed by atoms with Crippen LogP contribution in [0.1, 0.15) is 21.5 Å². The fraction of sp³-hybridized carbons (Fsp3) is 0.133. The molecule has 0 bridgehead atoms. The molecule has 0 atom stereocenters. The largest absolute Gasteiger partial charge is 0.317 e. The van der Waals surface area contributed by atoms with Crippen LogP contribution in [0.15, 0.2) is 30.3 Å². The maximum absolute atomic E-state index is 13.5. The van der Waals surface area contributed by atoms with Gasteiger partial charge >= 0.3 is 0 Å². The van der Waals surface area contributed by atoms with E-state index in [1.807, 2.05) is 0 Å². The molecule has 0 unspecified atom stereocenters. The molecule has 1 heterocycles. The Labute approximate surface area is 118 Å². The average Bonchev–Trinajstić information content (AvgIpc) is 2.89. The second-order valence-corrected chi connectivity index (χ2v) is 4.79. The number of halogens is 3. The molecule has 0 radical (unpaired) electrons. The van der Waals surface area contributed by atoms with Crippen LogP contribution < -0.4 is 10.6 Å². The molecule has 0 aromatic heterocycles.